The Bertz CT molecular complexity index is 524. The van der Waals surface area contributed by atoms with E-state index in [-0.39, 0.29) is 6.04 Å². The molecule has 0 bridgehead atoms. The molecule has 2 aromatic rings. The molecule has 1 unspecified atom stereocenters. The van der Waals surface area contributed by atoms with Gasteiger partial charge in [-0.1, -0.05) is 46.3 Å². The van der Waals surface area contributed by atoms with Crippen LogP contribution >= 0.6 is 15.9 Å². The van der Waals surface area contributed by atoms with E-state index < -0.39 is 0 Å². The number of rotatable bonds is 6. The van der Waals surface area contributed by atoms with Gasteiger partial charge in [0.05, 0.1) is 17.9 Å². The second kappa shape index (κ2) is 6.82. The maximum atomic E-state index is 4.02. The van der Waals surface area contributed by atoms with Crippen molar-refractivity contribution in [1.82, 2.24) is 20.3 Å². The van der Waals surface area contributed by atoms with Crippen molar-refractivity contribution in [3.05, 3.63) is 46.2 Å². The van der Waals surface area contributed by atoms with Gasteiger partial charge >= 0.3 is 0 Å². The smallest absolute Gasteiger partial charge is 0.0756 e. The van der Waals surface area contributed by atoms with Gasteiger partial charge in [0, 0.05) is 11.5 Å². The number of halogens is 1. The zero-order valence-corrected chi connectivity index (χ0v) is 12.9. The average molecular weight is 323 g/mol. The van der Waals surface area contributed by atoms with E-state index in [0.29, 0.717) is 0 Å². The Kier molecular flexibility index (Phi) is 5.10. The van der Waals surface area contributed by atoms with Crippen molar-refractivity contribution >= 4 is 15.9 Å². The standard InChI is InChI=1S/C14H19BrN4/c1-3-8-16-13(14-10-17-18-19(14)2)9-11-6-4-5-7-12(11)15/h4-7,10,13,16H,3,8-9H2,1-2H3. The van der Waals surface area contributed by atoms with Gasteiger partial charge in [-0.25, -0.2) is 0 Å². The van der Waals surface area contributed by atoms with Crippen molar-refractivity contribution in [3.8, 4) is 0 Å². The van der Waals surface area contributed by atoms with Crippen molar-refractivity contribution in [1.29, 1.82) is 0 Å². The molecule has 0 fully saturated rings. The fraction of sp³-hybridized carbons (Fsp3) is 0.429. The summed E-state index contributed by atoms with van der Waals surface area (Å²) in [5.74, 6) is 0. The number of aryl methyl sites for hydroxylation is 1. The van der Waals surface area contributed by atoms with Crippen LogP contribution in [0.4, 0.5) is 0 Å². The summed E-state index contributed by atoms with van der Waals surface area (Å²) < 4.78 is 2.98. The van der Waals surface area contributed by atoms with E-state index in [9.17, 15) is 0 Å². The number of benzene rings is 1. The van der Waals surface area contributed by atoms with Gasteiger partial charge in [0.15, 0.2) is 0 Å². The first kappa shape index (κ1) is 14.2. The summed E-state index contributed by atoms with van der Waals surface area (Å²) in [6.45, 7) is 3.16. The minimum absolute atomic E-state index is 0.235. The first-order chi connectivity index (χ1) is 9.22. The molecule has 1 heterocycles. The molecular weight excluding hydrogens is 304 g/mol. The van der Waals surface area contributed by atoms with Crippen molar-refractivity contribution < 1.29 is 0 Å². The zero-order valence-electron chi connectivity index (χ0n) is 11.3. The molecule has 4 nitrogen and oxygen atoms in total. The van der Waals surface area contributed by atoms with Crippen molar-refractivity contribution in [2.24, 2.45) is 7.05 Å². The highest BCUT2D eigenvalue weighted by atomic mass is 79.9. The van der Waals surface area contributed by atoms with Crippen LogP contribution in [0.25, 0.3) is 0 Å². The number of aromatic nitrogens is 3. The zero-order chi connectivity index (χ0) is 13.7. The van der Waals surface area contributed by atoms with Crippen LogP contribution in [-0.4, -0.2) is 21.5 Å². The molecule has 102 valence electrons. The molecule has 1 aromatic carbocycles. The molecule has 19 heavy (non-hydrogen) atoms. The Balaban J connectivity index is 2.19. The van der Waals surface area contributed by atoms with Gasteiger partial charge < -0.3 is 5.32 Å². The molecule has 1 N–H and O–H groups in total. The Morgan fingerprint density at radius 3 is 2.79 bits per heavy atom. The van der Waals surface area contributed by atoms with Crippen LogP contribution in [-0.2, 0) is 13.5 Å². The maximum absolute atomic E-state index is 4.02. The Morgan fingerprint density at radius 1 is 1.37 bits per heavy atom. The molecule has 0 radical (unpaired) electrons. The van der Waals surface area contributed by atoms with Crippen LogP contribution in [0.1, 0.15) is 30.6 Å². The molecular formula is C14H19BrN4. The molecule has 2 rings (SSSR count). The monoisotopic (exact) mass is 322 g/mol. The SMILES string of the molecule is CCCNC(Cc1ccccc1Br)c1cnnn1C. The van der Waals surface area contributed by atoms with Gasteiger partial charge in [-0.3, -0.25) is 4.68 Å². The minimum atomic E-state index is 0.235. The number of nitrogens with zero attached hydrogens (tertiary/aromatic N) is 3. The van der Waals surface area contributed by atoms with E-state index in [4.69, 9.17) is 0 Å². The van der Waals surface area contributed by atoms with E-state index in [2.05, 4.69) is 56.7 Å². The third-order valence-electron chi connectivity index (χ3n) is 3.13. The van der Waals surface area contributed by atoms with E-state index in [1.165, 1.54) is 5.56 Å². The molecule has 0 aliphatic heterocycles. The lowest BCUT2D eigenvalue weighted by atomic mass is 10.0. The number of hydrogen-bond acceptors (Lipinski definition) is 3. The van der Waals surface area contributed by atoms with Crippen molar-refractivity contribution in [2.45, 2.75) is 25.8 Å². The summed E-state index contributed by atoms with van der Waals surface area (Å²) in [5, 5.41) is 11.6. The quantitative estimate of drug-likeness (QED) is 0.889. The van der Waals surface area contributed by atoms with Crippen LogP contribution in [0.15, 0.2) is 34.9 Å². The lowest BCUT2D eigenvalue weighted by Crippen LogP contribution is -2.26. The minimum Gasteiger partial charge on any atom is -0.308 e. The average Bonchev–Trinajstić information content (AvgIpc) is 2.83. The predicted octanol–water partition coefficient (Wildman–Crippen LogP) is 2.86. The summed E-state index contributed by atoms with van der Waals surface area (Å²) in [6, 6.07) is 8.56. The number of nitrogens with one attached hydrogen (secondary N) is 1. The Labute approximate surface area is 122 Å². The largest absolute Gasteiger partial charge is 0.308 e. The van der Waals surface area contributed by atoms with Crippen LogP contribution in [0, 0.1) is 0 Å². The molecule has 1 atom stereocenters. The molecule has 0 aliphatic carbocycles. The molecule has 5 heteroatoms. The van der Waals surface area contributed by atoms with E-state index in [1.54, 1.807) is 0 Å². The third-order valence-corrected chi connectivity index (χ3v) is 3.90. The lowest BCUT2D eigenvalue weighted by Gasteiger charge is -2.19. The normalized spacial score (nSPS) is 12.6. The summed E-state index contributed by atoms with van der Waals surface area (Å²) in [5.41, 5.74) is 2.40. The van der Waals surface area contributed by atoms with Gasteiger partial charge in [-0.2, -0.15) is 0 Å². The van der Waals surface area contributed by atoms with E-state index in [0.717, 1.165) is 29.6 Å². The topological polar surface area (TPSA) is 42.7 Å². The van der Waals surface area contributed by atoms with Crippen LogP contribution in [0.2, 0.25) is 0 Å². The molecule has 1 aromatic heterocycles. The highest BCUT2D eigenvalue weighted by Gasteiger charge is 2.16. The molecule has 0 spiro atoms. The van der Waals surface area contributed by atoms with Gasteiger partial charge in [0.1, 0.15) is 0 Å². The van der Waals surface area contributed by atoms with Gasteiger partial charge in [0.2, 0.25) is 0 Å². The van der Waals surface area contributed by atoms with Gasteiger partial charge in [0.25, 0.3) is 0 Å². The van der Waals surface area contributed by atoms with Crippen LogP contribution in [0.5, 0.6) is 0 Å². The van der Waals surface area contributed by atoms with E-state index in [1.807, 2.05) is 24.0 Å². The molecule has 0 saturated heterocycles. The fourth-order valence-electron chi connectivity index (χ4n) is 2.10. The second-order valence-electron chi connectivity index (χ2n) is 4.58. The highest BCUT2D eigenvalue weighted by molar-refractivity contribution is 9.10. The third kappa shape index (κ3) is 3.64. The Morgan fingerprint density at radius 2 is 2.16 bits per heavy atom. The van der Waals surface area contributed by atoms with Crippen molar-refractivity contribution in [2.75, 3.05) is 6.54 Å². The fourth-order valence-corrected chi connectivity index (χ4v) is 2.54. The Hall–Kier alpha value is -1.20. The van der Waals surface area contributed by atoms with Crippen molar-refractivity contribution in [3.63, 3.8) is 0 Å². The molecule has 0 aliphatic rings. The second-order valence-corrected chi connectivity index (χ2v) is 5.44. The predicted molar refractivity (Wildman–Crippen MR) is 79.9 cm³/mol. The van der Waals surface area contributed by atoms with Crippen LogP contribution < -0.4 is 5.32 Å². The highest BCUT2D eigenvalue weighted by Crippen LogP contribution is 2.23. The summed E-state index contributed by atoms with van der Waals surface area (Å²) in [4.78, 5) is 0. The number of hydrogen-bond donors (Lipinski definition) is 1. The first-order valence-electron chi connectivity index (χ1n) is 6.53. The van der Waals surface area contributed by atoms with Crippen LogP contribution in [0.3, 0.4) is 0 Å². The summed E-state index contributed by atoms with van der Waals surface area (Å²) in [6.07, 6.45) is 3.87. The first-order valence-corrected chi connectivity index (χ1v) is 7.33. The molecule has 0 amide bonds. The van der Waals surface area contributed by atoms with Gasteiger partial charge in [-0.05, 0) is 31.0 Å². The lowest BCUT2D eigenvalue weighted by molar-refractivity contribution is 0.491. The molecule has 0 saturated carbocycles. The maximum Gasteiger partial charge on any atom is 0.0756 e. The van der Waals surface area contributed by atoms with E-state index >= 15 is 0 Å². The summed E-state index contributed by atoms with van der Waals surface area (Å²) in [7, 11) is 1.93. The summed E-state index contributed by atoms with van der Waals surface area (Å²) >= 11 is 3.61. The van der Waals surface area contributed by atoms with Gasteiger partial charge in [-0.15, -0.1) is 5.10 Å².